The molecular formula is C12H12IN3O2. The number of ether oxygens (including phenoxy) is 1. The summed E-state index contributed by atoms with van der Waals surface area (Å²) in [5.41, 5.74) is 1.41. The molecule has 1 N–H and O–H groups in total. The van der Waals surface area contributed by atoms with Crippen molar-refractivity contribution < 1.29 is 9.94 Å². The molecule has 2 aromatic rings. The minimum atomic E-state index is 0.548. The van der Waals surface area contributed by atoms with Crippen LogP contribution in [0.5, 0.6) is 11.6 Å². The van der Waals surface area contributed by atoms with Crippen molar-refractivity contribution in [1.29, 1.82) is 0 Å². The first-order chi connectivity index (χ1) is 8.61. The van der Waals surface area contributed by atoms with Crippen LogP contribution in [0.3, 0.4) is 0 Å². The number of hydrogen-bond donors (Lipinski definition) is 1. The lowest BCUT2D eigenvalue weighted by molar-refractivity contribution is 0.321. The Morgan fingerprint density at radius 3 is 2.67 bits per heavy atom. The lowest BCUT2D eigenvalue weighted by atomic mass is 10.3. The second-order valence-electron chi connectivity index (χ2n) is 3.73. The average molecular weight is 357 g/mol. The summed E-state index contributed by atoms with van der Waals surface area (Å²) in [5, 5.41) is 15.9. The second-order valence-corrected chi connectivity index (χ2v) is 4.97. The molecule has 0 unspecified atom stereocenters. The minimum Gasteiger partial charge on any atom is -0.439 e. The first kappa shape index (κ1) is 12.9. The van der Waals surface area contributed by atoms with Gasteiger partial charge in [0.1, 0.15) is 5.75 Å². The summed E-state index contributed by atoms with van der Waals surface area (Å²) in [7, 11) is 1.78. The van der Waals surface area contributed by atoms with Gasteiger partial charge in [-0.3, -0.25) is 0 Å². The van der Waals surface area contributed by atoms with E-state index in [1.807, 2.05) is 31.2 Å². The molecule has 0 aliphatic rings. The van der Waals surface area contributed by atoms with Crippen LogP contribution in [0, 0.1) is 10.5 Å². The van der Waals surface area contributed by atoms with E-state index >= 15 is 0 Å². The molecule has 94 valence electrons. The number of aromatic nitrogens is 2. The largest absolute Gasteiger partial charge is 0.439 e. The van der Waals surface area contributed by atoms with Crippen molar-refractivity contribution in [2.24, 2.45) is 12.2 Å². The lowest BCUT2D eigenvalue weighted by Gasteiger charge is -2.06. The maximum absolute atomic E-state index is 8.66. The summed E-state index contributed by atoms with van der Waals surface area (Å²) < 4.78 is 8.52. The Labute approximate surface area is 118 Å². The van der Waals surface area contributed by atoms with Crippen molar-refractivity contribution in [3.05, 3.63) is 39.1 Å². The van der Waals surface area contributed by atoms with Gasteiger partial charge in [0.2, 0.25) is 5.88 Å². The van der Waals surface area contributed by atoms with Gasteiger partial charge < -0.3 is 9.94 Å². The Morgan fingerprint density at radius 2 is 2.06 bits per heavy atom. The molecule has 1 heterocycles. The van der Waals surface area contributed by atoms with E-state index in [2.05, 4.69) is 32.8 Å². The molecule has 0 bridgehead atoms. The van der Waals surface area contributed by atoms with Gasteiger partial charge in [0.15, 0.2) is 0 Å². The van der Waals surface area contributed by atoms with Crippen molar-refractivity contribution >= 4 is 28.8 Å². The zero-order valence-electron chi connectivity index (χ0n) is 9.96. The highest BCUT2D eigenvalue weighted by atomic mass is 127. The molecule has 0 fully saturated rings. The van der Waals surface area contributed by atoms with Crippen LogP contribution in [0.25, 0.3) is 0 Å². The average Bonchev–Trinajstić information content (AvgIpc) is 2.59. The number of hydrogen-bond acceptors (Lipinski definition) is 4. The zero-order valence-corrected chi connectivity index (χ0v) is 12.1. The van der Waals surface area contributed by atoms with E-state index in [-0.39, 0.29) is 0 Å². The first-order valence-corrected chi connectivity index (χ1v) is 6.34. The summed E-state index contributed by atoms with van der Waals surface area (Å²) >= 11 is 2.23. The van der Waals surface area contributed by atoms with Crippen LogP contribution in [0.15, 0.2) is 29.4 Å². The van der Waals surface area contributed by atoms with Gasteiger partial charge in [0.25, 0.3) is 0 Å². The summed E-state index contributed by atoms with van der Waals surface area (Å²) in [5.74, 6) is 1.26. The van der Waals surface area contributed by atoms with Crippen molar-refractivity contribution in [1.82, 2.24) is 9.78 Å². The van der Waals surface area contributed by atoms with Gasteiger partial charge >= 0.3 is 0 Å². The van der Waals surface area contributed by atoms with Crippen LogP contribution in [-0.2, 0) is 7.05 Å². The first-order valence-electron chi connectivity index (χ1n) is 5.26. The molecule has 0 aliphatic carbocycles. The van der Waals surface area contributed by atoms with Gasteiger partial charge in [-0.05, 0) is 53.8 Å². The predicted octanol–water partition coefficient (Wildman–Crippen LogP) is 2.93. The highest BCUT2D eigenvalue weighted by molar-refractivity contribution is 14.1. The lowest BCUT2D eigenvalue weighted by Crippen LogP contribution is -1.96. The molecule has 18 heavy (non-hydrogen) atoms. The van der Waals surface area contributed by atoms with E-state index in [9.17, 15) is 0 Å². The number of halogens is 1. The third kappa shape index (κ3) is 2.63. The molecule has 2 rings (SSSR count). The third-order valence-corrected chi connectivity index (χ3v) is 3.15. The number of oxime groups is 1. The number of aryl methyl sites for hydroxylation is 2. The van der Waals surface area contributed by atoms with Crippen LogP contribution >= 0.6 is 22.6 Å². The third-order valence-electron chi connectivity index (χ3n) is 2.43. The quantitative estimate of drug-likeness (QED) is 0.398. The fourth-order valence-corrected chi connectivity index (χ4v) is 1.95. The molecule has 0 spiro atoms. The Morgan fingerprint density at radius 1 is 1.39 bits per heavy atom. The van der Waals surface area contributed by atoms with Crippen LogP contribution in [-0.4, -0.2) is 21.2 Å². The normalized spacial score (nSPS) is 11.1. The van der Waals surface area contributed by atoms with Gasteiger partial charge in [0.05, 0.1) is 17.5 Å². The maximum atomic E-state index is 8.66. The van der Waals surface area contributed by atoms with Crippen molar-refractivity contribution in [2.45, 2.75) is 6.92 Å². The molecule has 5 nitrogen and oxygen atoms in total. The highest BCUT2D eigenvalue weighted by Crippen LogP contribution is 2.26. The topological polar surface area (TPSA) is 59.6 Å². The van der Waals surface area contributed by atoms with Crippen LogP contribution in [0.4, 0.5) is 0 Å². The van der Waals surface area contributed by atoms with E-state index in [0.29, 0.717) is 17.2 Å². The maximum Gasteiger partial charge on any atom is 0.226 e. The van der Waals surface area contributed by atoms with Crippen molar-refractivity contribution in [3.8, 4) is 11.6 Å². The summed E-state index contributed by atoms with van der Waals surface area (Å²) in [4.78, 5) is 0. The fraction of sp³-hybridized carbons (Fsp3) is 0.167. The zero-order chi connectivity index (χ0) is 13.1. The Bertz CT molecular complexity index is 576. The molecular weight excluding hydrogens is 345 g/mol. The number of rotatable bonds is 3. The summed E-state index contributed by atoms with van der Waals surface area (Å²) in [6.07, 6.45) is 1.32. The molecule has 0 saturated carbocycles. The Kier molecular flexibility index (Phi) is 3.85. The number of nitrogens with zero attached hydrogens (tertiary/aromatic N) is 3. The SMILES string of the molecule is Cc1nn(C)c(Oc2ccc(I)cc2)c1/C=N/O. The predicted molar refractivity (Wildman–Crippen MR) is 76.6 cm³/mol. The smallest absolute Gasteiger partial charge is 0.226 e. The molecule has 1 aromatic heterocycles. The molecule has 6 heteroatoms. The summed E-state index contributed by atoms with van der Waals surface area (Å²) in [6, 6.07) is 7.67. The highest BCUT2D eigenvalue weighted by Gasteiger charge is 2.13. The van der Waals surface area contributed by atoms with Crippen LogP contribution < -0.4 is 4.74 Å². The van der Waals surface area contributed by atoms with Gasteiger partial charge in [-0.25, -0.2) is 4.68 Å². The van der Waals surface area contributed by atoms with E-state index < -0.39 is 0 Å². The van der Waals surface area contributed by atoms with E-state index in [1.165, 1.54) is 6.21 Å². The fourth-order valence-electron chi connectivity index (χ4n) is 1.60. The van der Waals surface area contributed by atoms with Gasteiger partial charge in [-0.1, -0.05) is 5.16 Å². The van der Waals surface area contributed by atoms with Gasteiger partial charge in [-0.15, -0.1) is 0 Å². The Balaban J connectivity index is 2.36. The van der Waals surface area contributed by atoms with Crippen molar-refractivity contribution in [3.63, 3.8) is 0 Å². The molecule has 0 saturated heterocycles. The van der Waals surface area contributed by atoms with Gasteiger partial charge in [0, 0.05) is 10.6 Å². The van der Waals surface area contributed by atoms with E-state index in [1.54, 1.807) is 11.7 Å². The standard InChI is InChI=1S/C12H12IN3O2/c1-8-11(7-14-17)12(16(2)15-8)18-10-5-3-9(13)4-6-10/h3-7,17H,1-2H3/b14-7+. The molecule has 0 amide bonds. The van der Waals surface area contributed by atoms with Crippen LogP contribution in [0.2, 0.25) is 0 Å². The van der Waals surface area contributed by atoms with E-state index in [0.717, 1.165) is 9.26 Å². The summed E-state index contributed by atoms with van der Waals surface area (Å²) in [6.45, 7) is 1.83. The van der Waals surface area contributed by atoms with Gasteiger partial charge in [-0.2, -0.15) is 5.10 Å². The number of benzene rings is 1. The van der Waals surface area contributed by atoms with E-state index in [4.69, 9.17) is 9.94 Å². The minimum absolute atomic E-state index is 0.548. The Hall–Kier alpha value is -1.57. The van der Waals surface area contributed by atoms with Crippen molar-refractivity contribution in [2.75, 3.05) is 0 Å². The van der Waals surface area contributed by atoms with Crippen LogP contribution in [0.1, 0.15) is 11.3 Å². The molecule has 0 aliphatic heterocycles. The monoisotopic (exact) mass is 357 g/mol. The molecule has 0 radical (unpaired) electrons. The molecule has 0 atom stereocenters. The molecule has 1 aromatic carbocycles. The second kappa shape index (κ2) is 5.38.